The summed E-state index contributed by atoms with van der Waals surface area (Å²) in [5, 5.41) is 2.93. The molecule has 1 aliphatic heterocycles. The van der Waals surface area contributed by atoms with Crippen LogP contribution >= 0.6 is 0 Å². The van der Waals surface area contributed by atoms with E-state index in [-0.39, 0.29) is 30.5 Å². The smallest absolute Gasteiger partial charge is 0.323 e. The molecule has 0 saturated carbocycles. The highest BCUT2D eigenvalue weighted by molar-refractivity contribution is 5.81. The number of amides is 1. The molecule has 0 radical (unpaired) electrons. The van der Waals surface area contributed by atoms with E-state index in [1.165, 1.54) is 0 Å². The third kappa shape index (κ3) is 5.49. The fourth-order valence-corrected chi connectivity index (χ4v) is 2.26. The van der Waals surface area contributed by atoms with E-state index in [1.807, 2.05) is 39.5 Å². The number of likely N-dealkylation sites (tertiary alicyclic amines) is 1. The van der Waals surface area contributed by atoms with E-state index in [0.29, 0.717) is 0 Å². The fraction of sp³-hybridized carbons (Fsp3) is 0.867. The van der Waals surface area contributed by atoms with Gasteiger partial charge in [-0.2, -0.15) is 0 Å². The Morgan fingerprint density at radius 1 is 1.40 bits per heavy atom. The summed E-state index contributed by atoms with van der Waals surface area (Å²) in [6, 6.07) is -0.109. The van der Waals surface area contributed by atoms with Crippen molar-refractivity contribution in [3.63, 3.8) is 0 Å². The van der Waals surface area contributed by atoms with Gasteiger partial charge in [-0.05, 0) is 53.5 Å². The number of carbonyl (C=O) groups is 2. The Morgan fingerprint density at radius 3 is 2.60 bits per heavy atom. The molecule has 1 amide bonds. The molecule has 1 N–H and O–H groups in total. The second-order valence-electron chi connectivity index (χ2n) is 6.54. The lowest BCUT2D eigenvalue weighted by Crippen LogP contribution is -2.46. The minimum Gasteiger partial charge on any atom is -0.459 e. The first-order chi connectivity index (χ1) is 9.23. The van der Waals surface area contributed by atoms with E-state index >= 15 is 0 Å². The minimum absolute atomic E-state index is 0.0187. The molecule has 0 aromatic heterocycles. The summed E-state index contributed by atoms with van der Waals surface area (Å²) in [5.41, 5.74) is -0.482. The molecule has 0 aromatic carbocycles. The highest BCUT2D eigenvalue weighted by Gasteiger charge is 2.34. The second-order valence-corrected chi connectivity index (χ2v) is 6.54. The lowest BCUT2D eigenvalue weighted by atomic mass is 10.1. The number of hydrogen-bond donors (Lipinski definition) is 1. The van der Waals surface area contributed by atoms with Crippen LogP contribution in [0.3, 0.4) is 0 Å². The molecular weight excluding hydrogens is 256 g/mol. The van der Waals surface area contributed by atoms with Crippen LogP contribution in [0, 0.1) is 0 Å². The van der Waals surface area contributed by atoms with Gasteiger partial charge in [-0.15, -0.1) is 0 Å². The Morgan fingerprint density at radius 2 is 2.05 bits per heavy atom. The summed E-state index contributed by atoms with van der Waals surface area (Å²) in [4.78, 5) is 26.0. The Kier molecular flexibility index (Phi) is 5.99. The molecule has 0 bridgehead atoms. The molecule has 5 nitrogen and oxygen atoms in total. The highest BCUT2D eigenvalue weighted by atomic mass is 16.6. The average Bonchev–Trinajstić information content (AvgIpc) is 2.74. The van der Waals surface area contributed by atoms with Crippen LogP contribution in [0.4, 0.5) is 0 Å². The van der Waals surface area contributed by atoms with E-state index in [0.717, 1.165) is 25.8 Å². The Hall–Kier alpha value is -1.10. The number of hydrogen-bond acceptors (Lipinski definition) is 4. The molecule has 1 fully saturated rings. The molecule has 1 aliphatic rings. The van der Waals surface area contributed by atoms with Crippen molar-refractivity contribution in [2.24, 2.45) is 0 Å². The van der Waals surface area contributed by atoms with Gasteiger partial charge in [-0.1, -0.05) is 6.92 Å². The molecule has 1 heterocycles. The van der Waals surface area contributed by atoms with Crippen molar-refractivity contribution in [3.05, 3.63) is 0 Å². The van der Waals surface area contributed by atoms with E-state index in [2.05, 4.69) is 5.32 Å². The van der Waals surface area contributed by atoms with Gasteiger partial charge in [0.25, 0.3) is 0 Å². The molecular formula is C15H28N2O3. The predicted octanol–water partition coefficient (Wildman–Crippen LogP) is 1.71. The molecule has 0 aliphatic carbocycles. The van der Waals surface area contributed by atoms with E-state index < -0.39 is 5.60 Å². The van der Waals surface area contributed by atoms with Crippen LogP contribution in [0.15, 0.2) is 0 Å². The summed E-state index contributed by atoms with van der Waals surface area (Å²) < 4.78 is 5.42. The second kappa shape index (κ2) is 7.07. The van der Waals surface area contributed by atoms with Crippen molar-refractivity contribution in [2.45, 2.75) is 71.6 Å². The number of ether oxygens (including phenoxy) is 1. The molecule has 2 atom stereocenters. The zero-order chi connectivity index (χ0) is 15.3. The molecule has 1 rings (SSSR count). The van der Waals surface area contributed by atoms with Gasteiger partial charge in [-0.3, -0.25) is 14.5 Å². The fourth-order valence-electron chi connectivity index (χ4n) is 2.26. The van der Waals surface area contributed by atoms with Gasteiger partial charge < -0.3 is 10.1 Å². The van der Waals surface area contributed by atoms with Crippen LogP contribution in [0.2, 0.25) is 0 Å². The van der Waals surface area contributed by atoms with Gasteiger partial charge in [-0.25, -0.2) is 0 Å². The van der Waals surface area contributed by atoms with Crippen LogP contribution in [0.1, 0.15) is 53.9 Å². The lowest BCUT2D eigenvalue weighted by molar-refractivity contribution is -0.160. The normalized spacial score (nSPS) is 21.6. The van der Waals surface area contributed by atoms with Crippen molar-refractivity contribution < 1.29 is 14.3 Å². The monoisotopic (exact) mass is 284 g/mol. The number of nitrogens with zero attached hydrogens (tertiary/aromatic N) is 1. The first-order valence-electron chi connectivity index (χ1n) is 7.49. The quantitative estimate of drug-likeness (QED) is 0.781. The maximum Gasteiger partial charge on any atom is 0.323 e. The van der Waals surface area contributed by atoms with Crippen LogP contribution in [0.25, 0.3) is 0 Å². The first kappa shape index (κ1) is 17.0. The zero-order valence-electron chi connectivity index (χ0n) is 13.4. The lowest BCUT2D eigenvalue weighted by Gasteiger charge is -2.27. The van der Waals surface area contributed by atoms with Gasteiger partial charge >= 0.3 is 5.97 Å². The zero-order valence-corrected chi connectivity index (χ0v) is 13.4. The van der Waals surface area contributed by atoms with Gasteiger partial charge in [0.05, 0.1) is 6.54 Å². The number of nitrogens with one attached hydrogen (secondary N) is 1. The highest BCUT2D eigenvalue weighted by Crippen LogP contribution is 2.20. The Balaban J connectivity index is 2.53. The van der Waals surface area contributed by atoms with E-state index in [1.54, 1.807) is 0 Å². The molecule has 0 aromatic rings. The van der Waals surface area contributed by atoms with E-state index in [9.17, 15) is 9.59 Å². The standard InChI is InChI=1S/C15H28N2O3/c1-6-11(2)16-13(18)10-17-9-7-8-12(17)14(19)20-15(3,4)5/h11-12H,6-10H2,1-5H3,(H,16,18)/t11?,12-/m1/s1. The molecule has 20 heavy (non-hydrogen) atoms. The molecule has 5 heteroatoms. The maximum absolute atomic E-state index is 12.1. The van der Waals surface area contributed by atoms with Gasteiger partial charge in [0, 0.05) is 6.04 Å². The van der Waals surface area contributed by atoms with Crippen molar-refractivity contribution in [1.82, 2.24) is 10.2 Å². The van der Waals surface area contributed by atoms with Crippen molar-refractivity contribution in [1.29, 1.82) is 0 Å². The third-order valence-electron chi connectivity index (χ3n) is 3.41. The van der Waals surface area contributed by atoms with Gasteiger partial charge in [0.2, 0.25) is 5.91 Å². The van der Waals surface area contributed by atoms with Crippen molar-refractivity contribution in [2.75, 3.05) is 13.1 Å². The summed E-state index contributed by atoms with van der Waals surface area (Å²) in [6.07, 6.45) is 2.60. The first-order valence-corrected chi connectivity index (χ1v) is 7.49. The third-order valence-corrected chi connectivity index (χ3v) is 3.41. The predicted molar refractivity (Wildman–Crippen MR) is 78.3 cm³/mol. The van der Waals surface area contributed by atoms with Gasteiger partial charge in [0.15, 0.2) is 0 Å². The van der Waals surface area contributed by atoms with Crippen LogP contribution in [-0.4, -0.2) is 47.6 Å². The SMILES string of the molecule is CCC(C)NC(=O)CN1CCC[C@@H]1C(=O)OC(C)(C)C. The van der Waals surface area contributed by atoms with Gasteiger partial charge in [0.1, 0.15) is 11.6 Å². The molecule has 116 valence electrons. The van der Waals surface area contributed by atoms with Crippen molar-refractivity contribution >= 4 is 11.9 Å². The summed E-state index contributed by atoms with van der Waals surface area (Å²) >= 11 is 0. The largest absolute Gasteiger partial charge is 0.459 e. The molecule has 1 saturated heterocycles. The van der Waals surface area contributed by atoms with Crippen LogP contribution in [-0.2, 0) is 14.3 Å². The summed E-state index contributed by atoms with van der Waals surface area (Å²) in [7, 11) is 0. The van der Waals surface area contributed by atoms with Crippen molar-refractivity contribution in [3.8, 4) is 0 Å². The summed E-state index contributed by atoms with van der Waals surface area (Å²) in [5.74, 6) is -0.235. The topological polar surface area (TPSA) is 58.6 Å². The minimum atomic E-state index is -0.482. The summed E-state index contributed by atoms with van der Waals surface area (Å²) in [6.45, 7) is 10.6. The van der Waals surface area contributed by atoms with E-state index in [4.69, 9.17) is 4.74 Å². The molecule has 0 spiro atoms. The van der Waals surface area contributed by atoms with Crippen LogP contribution < -0.4 is 5.32 Å². The van der Waals surface area contributed by atoms with Crippen LogP contribution in [0.5, 0.6) is 0 Å². The molecule has 1 unspecified atom stereocenters. The number of rotatable bonds is 5. The average molecular weight is 284 g/mol. The Bertz CT molecular complexity index is 350. The maximum atomic E-state index is 12.1. The number of esters is 1. The number of carbonyl (C=O) groups excluding carboxylic acids is 2. The Labute approximate surface area is 122 Å².